The number of benzene rings is 3. The number of hydrogen-bond donors (Lipinski definition) is 4. The molecule has 0 bridgehead atoms. The van der Waals surface area contributed by atoms with Gasteiger partial charge in [-0.05, 0) is 47.4 Å². The van der Waals surface area contributed by atoms with Gasteiger partial charge in [-0.2, -0.15) is 0 Å². The van der Waals surface area contributed by atoms with Gasteiger partial charge in [0.05, 0.1) is 45.7 Å². The summed E-state index contributed by atoms with van der Waals surface area (Å²) in [5.74, 6) is 1.58. The maximum atomic E-state index is 10.8. The molecule has 9 nitrogen and oxygen atoms in total. The van der Waals surface area contributed by atoms with Gasteiger partial charge in [-0.25, -0.2) is 4.79 Å². The smallest absolute Gasteiger partial charge is 0.496 e. The highest BCUT2D eigenvalue weighted by molar-refractivity contribution is 5.53. The van der Waals surface area contributed by atoms with Crippen LogP contribution >= 0.6 is 0 Å². The second-order valence-corrected chi connectivity index (χ2v) is 9.50. The molecule has 1 heterocycles. The average molecular weight is 554 g/mol. The first-order valence-corrected chi connectivity index (χ1v) is 13.3. The lowest BCUT2D eigenvalue weighted by molar-refractivity contribution is -0.0328. The number of hydrogen-bond acceptors (Lipinski definition) is 7. The van der Waals surface area contributed by atoms with Crippen LogP contribution in [-0.4, -0.2) is 67.1 Å². The number of nitrogens with one attached hydrogen (secondary N) is 1. The van der Waals surface area contributed by atoms with Crippen molar-refractivity contribution >= 4 is 6.16 Å². The van der Waals surface area contributed by atoms with Gasteiger partial charge in [0.2, 0.25) is 0 Å². The molecule has 1 aliphatic rings. The highest BCUT2D eigenvalue weighted by atomic mass is 16.6. The van der Waals surface area contributed by atoms with E-state index in [0.29, 0.717) is 39.5 Å². The van der Waals surface area contributed by atoms with Crippen LogP contribution in [0, 0.1) is 6.92 Å². The number of aliphatic hydroxyl groups excluding tert-OH is 1. The minimum Gasteiger partial charge on any atom is -0.496 e. The molecule has 0 aromatic heterocycles. The Morgan fingerprint density at radius 2 is 1.65 bits per heavy atom. The van der Waals surface area contributed by atoms with Gasteiger partial charge in [0, 0.05) is 25.4 Å². The Labute approximate surface area is 235 Å². The highest BCUT2D eigenvalue weighted by Crippen LogP contribution is 2.30. The number of aryl methyl sites for hydroxylation is 1. The molecular formula is C31H39NO8. The number of piperidine rings is 1. The van der Waals surface area contributed by atoms with Gasteiger partial charge >= 0.3 is 6.16 Å². The van der Waals surface area contributed by atoms with Crippen LogP contribution in [0.5, 0.6) is 11.5 Å². The van der Waals surface area contributed by atoms with E-state index in [4.69, 9.17) is 34.0 Å². The average Bonchev–Trinajstić information content (AvgIpc) is 2.94. The fraction of sp³-hybridized carbons (Fsp3) is 0.387. The maximum Gasteiger partial charge on any atom is 0.503 e. The predicted molar refractivity (Wildman–Crippen MR) is 151 cm³/mol. The van der Waals surface area contributed by atoms with Gasteiger partial charge in [-0.1, -0.05) is 54.6 Å². The Kier molecular flexibility index (Phi) is 12.7. The normalized spacial score (nSPS) is 18.3. The highest BCUT2D eigenvalue weighted by Gasteiger charge is 2.34. The molecule has 0 saturated carbocycles. The molecule has 0 spiro atoms. The Morgan fingerprint density at radius 3 is 2.33 bits per heavy atom. The van der Waals surface area contributed by atoms with Crippen LogP contribution in [0.25, 0.3) is 0 Å². The number of carboxylic acid groups (broad SMARTS) is 2. The van der Waals surface area contributed by atoms with Crippen molar-refractivity contribution in [3.05, 3.63) is 95.1 Å². The van der Waals surface area contributed by atoms with Crippen LogP contribution < -0.4 is 14.8 Å². The molecule has 3 unspecified atom stereocenters. The van der Waals surface area contributed by atoms with Crippen LogP contribution in [0.4, 0.5) is 4.79 Å². The standard InChI is InChI=1S/C30H37NO5.CH2O3/c1-22-17-24(9-14-28(22)33-2)21-36-29-19-31-18-27(32)30(29)25-10-12-26(13-11-25)35-16-6-15-34-20-23-7-4-3-5-8-23;2-1(3)4/h3-5,7-14,17,27,29-32H,6,15-16,18-21H2,1-2H3;(H2,2,3,4). The lowest BCUT2D eigenvalue weighted by atomic mass is 9.85. The van der Waals surface area contributed by atoms with Crippen molar-refractivity contribution in [3.8, 4) is 11.5 Å². The molecule has 1 fully saturated rings. The van der Waals surface area contributed by atoms with Crippen molar-refractivity contribution in [2.75, 3.05) is 33.4 Å². The van der Waals surface area contributed by atoms with E-state index in [1.807, 2.05) is 61.5 Å². The summed E-state index contributed by atoms with van der Waals surface area (Å²) in [5.41, 5.74) is 4.40. The monoisotopic (exact) mass is 553 g/mol. The zero-order valence-corrected chi connectivity index (χ0v) is 23.0. The molecule has 1 saturated heterocycles. The van der Waals surface area contributed by atoms with E-state index in [1.165, 1.54) is 5.56 Å². The van der Waals surface area contributed by atoms with Gasteiger partial charge in [0.15, 0.2) is 0 Å². The molecule has 3 atom stereocenters. The van der Waals surface area contributed by atoms with E-state index in [2.05, 4.69) is 23.5 Å². The van der Waals surface area contributed by atoms with Crippen LogP contribution in [-0.2, 0) is 22.7 Å². The summed E-state index contributed by atoms with van der Waals surface area (Å²) in [7, 11) is 1.68. The van der Waals surface area contributed by atoms with Crippen LogP contribution in [0.2, 0.25) is 0 Å². The second-order valence-electron chi connectivity index (χ2n) is 9.50. The number of aliphatic hydroxyl groups is 1. The maximum absolute atomic E-state index is 10.8. The Balaban J connectivity index is 0.00000103. The third-order valence-electron chi connectivity index (χ3n) is 6.52. The second kappa shape index (κ2) is 16.5. The van der Waals surface area contributed by atoms with Crippen molar-refractivity contribution in [1.82, 2.24) is 5.32 Å². The summed E-state index contributed by atoms with van der Waals surface area (Å²) in [6, 6.07) is 24.2. The number of methoxy groups -OCH3 is 1. The summed E-state index contributed by atoms with van der Waals surface area (Å²) in [4.78, 5) is 8.56. The summed E-state index contributed by atoms with van der Waals surface area (Å²) in [5, 5.41) is 28.0. The molecule has 0 amide bonds. The fourth-order valence-corrected chi connectivity index (χ4v) is 4.61. The Bertz CT molecular complexity index is 1150. The summed E-state index contributed by atoms with van der Waals surface area (Å²) < 4.78 is 23.3. The molecule has 4 N–H and O–H groups in total. The van der Waals surface area contributed by atoms with E-state index in [9.17, 15) is 5.11 Å². The third kappa shape index (κ3) is 10.2. The summed E-state index contributed by atoms with van der Waals surface area (Å²) in [6.45, 7) is 5.62. The quantitative estimate of drug-likeness (QED) is 0.233. The SMILES string of the molecule is COc1ccc(COC2CNCC(O)C2c2ccc(OCCCOCc3ccccc3)cc2)cc1C.O=C(O)O. The molecule has 3 aromatic rings. The van der Waals surface area contributed by atoms with Crippen molar-refractivity contribution in [2.24, 2.45) is 0 Å². The molecule has 0 aliphatic carbocycles. The molecule has 4 rings (SSSR count). The number of carbonyl (C=O) groups is 1. The largest absolute Gasteiger partial charge is 0.503 e. The van der Waals surface area contributed by atoms with Crippen molar-refractivity contribution in [1.29, 1.82) is 0 Å². The predicted octanol–water partition coefficient (Wildman–Crippen LogP) is 4.84. The summed E-state index contributed by atoms with van der Waals surface area (Å²) in [6.07, 6.45) is -1.66. The molecule has 216 valence electrons. The van der Waals surface area contributed by atoms with E-state index in [1.54, 1.807) is 7.11 Å². The van der Waals surface area contributed by atoms with E-state index in [-0.39, 0.29) is 12.0 Å². The van der Waals surface area contributed by atoms with Gasteiger partial charge in [0.1, 0.15) is 11.5 Å². The molecule has 40 heavy (non-hydrogen) atoms. The van der Waals surface area contributed by atoms with Gasteiger partial charge in [-0.15, -0.1) is 0 Å². The molecular weight excluding hydrogens is 514 g/mol. The van der Waals surface area contributed by atoms with Gasteiger partial charge in [0.25, 0.3) is 0 Å². The van der Waals surface area contributed by atoms with Crippen molar-refractivity contribution in [2.45, 2.75) is 44.7 Å². The first-order chi connectivity index (χ1) is 19.4. The third-order valence-corrected chi connectivity index (χ3v) is 6.52. The Hall–Kier alpha value is -3.63. The van der Waals surface area contributed by atoms with Crippen LogP contribution in [0.15, 0.2) is 72.8 Å². The first-order valence-electron chi connectivity index (χ1n) is 13.3. The zero-order valence-electron chi connectivity index (χ0n) is 23.0. The number of rotatable bonds is 12. The summed E-state index contributed by atoms with van der Waals surface area (Å²) >= 11 is 0. The molecule has 0 radical (unpaired) electrons. The van der Waals surface area contributed by atoms with Crippen LogP contribution in [0.3, 0.4) is 0 Å². The lowest BCUT2D eigenvalue weighted by Crippen LogP contribution is -2.49. The zero-order chi connectivity index (χ0) is 28.7. The molecule has 3 aromatic carbocycles. The minimum atomic E-state index is -1.83. The number of ether oxygens (including phenoxy) is 4. The van der Waals surface area contributed by atoms with Crippen LogP contribution in [0.1, 0.15) is 34.6 Å². The van der Waals surface area contributed by atoms with Gasteiger partial charge in [-0.3, -0.25) is 0 Å². The molecule has 9 heteroatoms. The first kappa shape index (κ1) is 30.9. The van der Waals surface area contributed by atoms with E-state index in [0.717, 1.165) is 34.6 Å². The Morgan fingerprint density at radius 1 is 0.925 bits per heavy atom. The van der Waals surface area contributed by atoms with Gasteiger partial charge < -0.3 is 39.6 Å². The number of β-amino-alcohol motifs (C(OH)–C–C–N with tert-alkyl or cyclic N) is 1. The lowest BCUT2D eigenvalue weighted by Gasteiger charge is -2.36. The van der Waals surface area contributed by atoms with E-state index < -0.39 is 12.3 Å². The topological polar surface area (TPSA) is 127 Å². The minimum absolute atomic E-state index is 0.106. The van der Waals surface area contributed by atoms with Crippen molar-refractivity contribution in [3.63, 3.8) is 0 Å². The van der Waals surface area contributed by atoms with Crippen molar-refractivity contribution < 1.29 is 39.1 Å². The fourth-order valence-electron chi connectivity index (χ4n) is 4.61. The van der Waals surface area contributed by atoms with E-state index >= 15 is 0 Å². The molecule has 1 aliphatic heterocycles.